The van der Waals surface area contributed by atoms with E-state index in [4.69, 9.17) is 4.98 Å². The van der Waals surface area contributed by atoms with Crippen molar-refractivity contribution >= 4 is 0 Å². The molecular formula is C14H17N. The number of hydrogen-bond donors (Lipinski definition) is 0. The molecule has 0 bridgehead atoms. The highest BCUT2D eigenvalue weighted by atomic mass is 14.7. The fourth-order valence-corrected chi connectivity index (χ4v) is 2.10. The van der Waals surface area contributed by atoms with Gasteiger partial charge in [0.25, 0.3) is 0 Å². The normalized spacial score (nSPS) is 10.8. The molecule has 15 heavy (non-hydrogen) atoms. The molecule has 0 atom stereocenters. The van der Waals surface area contributed by atoms with Crippen molar-refractivity contribution in [1.82, 2.24) is 4.98 Å². The first-order chi connectivity index (χ1) is 7.36. The van der Waals surface area contributed by atoms with Crippen LogP contribution in [0.15, 0.2) is 30.3 Å². The van der Waals surface area contributed by atoms with E-state index >= 15 is 0 Å². The predicted molar refractivity (Wildman–Crippen MR) is 64.2 cm³/mol. The summed E-state index contributed by atoms with van der Waals surface area (Å²) in [5, 5.41) is 0. The van der Waals surface area contributed by atoms with Gasteiger partial charge in [0.05, 0.1) is 5.69 Å². The van der Waals surface area contributed by atoms with Crippen molar-refractivity contribution in [3.8, 4) is 11.3 Å². The second kappa shape index (κ2) is 4.43. The summed E-state index contributed by atoms with van der Waals surface area (Å²) in [5.74, 6) is 0. The van der Waals surface area contributed by atoms with Crippen LogP contribution in [0.3, 0.4) is 0 Å². The third-order valence-corrected chi connectivity index (χ3v) is 2.78. The summed E-state index contributed by atoms with van der Waals surface area (Å²) in [5.41, 5.74) is 5.19. The maximum absolute atomic E-state index is 4.71. The summed E-state index contributed by atoms with van der Waals surface area (Å²) in [4.78, 5) is 4.71. The summed E-state index contributed by atoms with van der Waals surface area (Å²) in [6.07, 6.45) is 3.35. The first-order valence-corrected chi connectivity index (χ1v) is 5.73. The van der Waals surface area contributed by atoms with Crippen molar-refractivity contribution in [3.63, 3.8) is 0 Å². The molecule has 0 N–H and O–H groups in total. The number of aromatic nitrogens is 1. The lowest BCUT2D eigenvalue weighted by Gasteiger charge is -1.98. The zero-order chi connectivity index (χ0) is 10.7. The Bertz CT molecular complexity index is 420. The van der Waals surface area contributed by atoms with Crippen LogP contribution in [-0.4, -0.2) is 4.98 Å². The lowest BCUT2D eigenvalue weighted by Crippen LogP contribution is -1.88. The zero-order valence-corrected chi connectivity index (χ0v) is 9.46. The Balaban J connectivity index is 2.58. The fourth-order valence-electron chi connectivity index (χ4n) is 2.10. The van der Waals surface area contributed by atoms with E-state index in [1.54, 1.807) is 0 Å². The maximum atomic E-state index is 4.71. The number of hydrogen-bond acceptors (Lipinski definition) is 1. The van der Waals surface area contributed by atoms with Gasteiger partial charge in [0, 0.05) is 11.3 Å². The Kier molecular flexibility index (Phi) is 3.00. The smallest absolute Gasteiger partial charge is 0.0708 e. The van der Waals surface area contributed by atoms with Gasteiger partial charge < -0.3 is 0 Å². The molecule has 0 radical (unpaired) electrons. The molecule has 2 aliphatic rings. The van der Waals surface area contributed by atoms with E-state index in [-0.39, 0.29) is 0 Å². The molecule has 1 heteroatoms. The Labute approximate surface area is 91.5 Å². The zero-order valence-electron chi connectivity index (χ0n) is 9.46. The van der Waals surface area contributed by atoms with E-state index < -0.39 is 0 Å². The first-order valence-electron chi connectivity index (χ1n) is 5.73. The largest absolute Gasteiger partial charge is 0.253 e. The summed E-state index contributed by atoms with van der Waals surface area (Å²) in [6, 6.07) is 10.5. The van der Waals surface area contributed by atoms with Crippen LogP contribution in [0.4, 0.5) is 0 Å². The van der Waals surface area contributed by atoms with Crippen LogP contribution in [-0.2, 0) is 12.8 Å². The molecular weight excluding hydrogens is 182 g/mol. The molecule has 0 amide bonds. The van der Waals surface area contributed by atoms with Crippen LogP contribution in [0.2, 0.25) is 0 Å². The van der Waals surface area contributed by atoms with E-state index in [0.717, 1.165) is 18.5 Å². The van der Waals surface area contributed by atoms with Crippen molar-refractivity contribution in [2.24, 2.45) is 0 Å². The van der Waals surface area contributed by atoms with Crippen molar-refractivity contribution in [2.75, 3.05) is 0 Å². The van der Waals surface area contributed by atoms with Gasteiger partial charge in [-0.15, -0.1) is 0 Å². The molecule has 1 aliphatic carbocycles. The van der Waals surface area contributed by atoms with E-state index in [9.17, 15) is 0 Å². The van der Waals surface area contributed by atoms with Gasteiger partial charge in [0.15, 0.2) is 0 Å². The second-order valence-electron chi connectivity index (χ2n) is 3.85. The monoisotopic (exact) mass is 199 g/mol. The SMILES string of the molecule is CCCc1nc2cccccc-2c1CC. The van der Waals surface area contributed by atoms with Crippen molar-refractivity contribution in [2.45, 2.75) is 33.1 Å². The van der Waals surface area contributed by atoms with Crippen LogP contribution in [0, 0.1) is 0 Å². The van der Waals surface area contributed by atoms with Crippen LogP contribution in [0.25, 0.3) is 11.3 Å². The third-order valence-electron chi connectivity index (χ3n) is 2.78. The number of aryl methyl sites for hydroxylation is 1. The quantitative estimate of drug-likeness (QED) is 0.734. The van der Waals surface area contributed by atoms with Gasteiger partial charge in [0.1, 0.15) is 0 Å². The summed E-state index contributed by atoms with van der Waals surface area (Å²) in [7, 11) is 0. The van der Waals surface area contributed by atoms with Crippen molar-refractivity contribution in [3.05, 3.63) is 41.6 Å². The molecule has 1 nitrogen and oxygen atoms in total. The van der Waals surface area contributed by atoms with Crippen LogP contribution in [0.5, 0.6) is 0 Å². The van der Waals surface area contributed by atoms with Crippen molar-refractivity contribution in [1.29, 1.82) is 0 Å². The minimum Gasteiger partial charge on any atom is -0.253 e. The minimum atomic E-state index is 1.08. The van der Waals surface area contributed by atoms with Crippen LogP contribution >= 0.6 is 0 Å². The number of rotatable bonds is 3. The minimum absolute atomic E-state index is 1.08. The third kappa shape index (κ3) is 1.87. The molecule has 0 fully saturated rings. The van der Waals surface area contributed by atoms with E-state index in [1.807, 2.05) is 0 Å². The van der Waals surface area contributed by atoms with Gasteiger partial charge in [-0.2, -0.15) is 0 Å². The van der Waals surface area contributed by atoms with Gasteiger partial charge in [-0.1, -0.05) is 44.5 Å². The van der Waals surface area contributed by atoms with E-state index in [1.165, 1.54) is 23.2 Å². The fraction of sp³-hybridized carbons (Fsp3) is 0.357. The van der Waals surface area contributed by atoms with Gasteiger partial charge in [0.2, 0.25) is 0 Å². The predicted octanol–water partition coefficient (Wildman–Crippen LogP) is 3.70. The average Bonchev–Trinajstić information content (AvgIpc) is 2.43. The van der Waals surface area contributed by atoms with Crippen LogP contribution < -0.4 is 0 Å². The van der Waals surface area contributed by atoms with Crippen molar-refractivity contribution < 1.29 is 0 Å². The Morgan fingerprint density at radius 3 is 2.60 bits per heavy atom. The molecule has 0 aromatic carbocycles. The lowest BCUT2D eigenvalue weighted by atomic mass is 10.0. The summed E-state index contributed by atoms with van der Waals surface area (Å²) >= 11 is 0. The Morgan fingerprint density at radius 2 is 1.87 bits per heavy atom. The molecule has 1 aliphatic heterocycles. The molecule has 78 valence electrons. The summed E-state index contributed by atoms with van der Waals surface area (Å²) in [6.45, 7) is 4.42. The number of nitrogens with zero attached hydrogens (tertiary/aromatic N) is 1. The molecule has 0 saturated heterocycles. The highest BCUT2D eigenvalue weighted by Gasteiger charge is 2.13. The van der Waals surface area contributed by atoms with E-state index in [2.05, 4.69) is 44.2 Å². The average molecular weight is 199 g/mol. The molecule has 0 aromatic heterocycles. The van der Waals surface area contributed by atoms with Gasteiger partial charge in [-0.25, -0.2) is 0 Å². The first kappa shape index (κ1) is 10.2. The lowest BCUT2D eigenvalue weighted by molar-refractivity contribution is 0.875. The van der Waals surface area contributed by atoms with Crippen LogP contribution in [0.1, 0.15) is 31.5 Å². The second-order valence-corrected chi connectivity index (χ2v) is 3.85. The van der Waals surface area contributed by atoms with Gasteiger partial charge >= 0.3 is 0 Å². The summed E-state index contributed by atoms with van der Waals surface area (Å²) < 4.78 is 0. The van der Waals surface area contributed by atoms with E-state index in [0.29, 0.717) is 0 Å². The Hall–Kier alpha value is -1.37. The van der Waals surface area contributed by atoms with Gasteiger partial charge in [-0.3, -0.25) is 4.98 Å². The Morgan fingerprint density at radius 1 is 1.07 bits per heavy atom. The molecule has 0 unspecified atom stereocenters. The molecule has 1 heterocycles. The molecule has 2 rings (SSSR count). The highest BCUT2D eigenvalue weighted by Crippen LogP contribution is 2.28. The molecule has 0 aromatic rings. The molecule has 0 saturated carbocycles. The van der Waals surface area contributed by atoms with Gasteiger partial charge in [-0.05, 0) is 24.5 Å². The number of fused-ring (bicyclic) bond motifs is 1. The maximum Gasteiger partial charge on any atom is 0.0708 e. The standard InChI is InChI=1S/C14H17N/c1-3-8-13-11(4-2)12-9-6-5-7-10-14(12)15-13/h5-7,9-10H,3-4,8H2,1-2H3. The highest BCUT2D eigenvalue weighted by molar-refractivity contribution is 5.67. The topological polar surface area (TPSA) is 12.9 Å². The molecule has 0 spiro atoms.